The summed E-state index contributed by atoms with van der Waals surface area (Å²) in [4.78, 5) is 7.62. The van der Waals surface area contributed by atoms with Gasteiger partial charge in [-0.05, 0) is 72.4 Å². The lowest BCUT2D eigenvalue weighted by Crippen LogP contribution is -2.51. The molecule has 1 saturated carbocycles. The van der Waals surface area contributed by atoms with E-state index in [0.29, 0.717) is 15.2 Å². The summed E-state index contributed by atoms with van der Waals surface area (Å²) in [5.74, 6) is 1.79. The second-order valence-corrected chi connectivity index (χ2v) is 11.6. The number of hydrogen-bond donors (Lipinski definition) is 1. The monoisotopic (exact) mass is 529 g/mol. The number of hydrogen-bond acceptors (Lipinski definition) is 3. The van der Waals surface area contributed by atoms with E-state index in [2.05, 4.69) is 49.2 Å². The van der Waals surface area contributed by atoms with E-state index < -0.39 is 0 Å². The number of ether oxygens (including phenoxy) is 1. The predicted molar refractivity (Wildman–Crippen MR) is 153 cm³/mol. The van der Waals surface area contributed by atoms with Crippen molar-refractivity contribution in [2.24, 2.45) is 10.4 Å². The molecule has 1 N–H and O–H groups in total. The maximum atomic E-state index is 6.43. The van der Waals surface area contributed by atoms with E-state index >= 15 is 0 Å². The molecule has 1 saturated heterocycles. The Balaban J connectivity index is 1.74. The maximum absolute atomic E-state index is 6.43. The second-order valence-electron chi connectivity index (χ2n) is 10.4. The van der Waals surface area contributed by atoms with Crippen LogP contribution >= 0.6 is 35.4 Å². The highest BCUT2D eigenvalue weighted by Crippen LogP contribution is 2.42. The first kappa shape index (κ1) is 26.0. The lowest BCUT2D eigenvalue weighted by molar-refractivity contribution is 0.357. The lowest BCUT2D eigenvalue weighted by atomic mass is 9.79. The molecular weight excluding hydrogens is 497 g/mol. The zero-order valence-corrected chi connectivity index (χ0v) is 23.1. The summed E-state index contributed by atoms with van der Waals surface area (Å²) in [5.41, 5.74) is 1.62. The SMILES string of the molecule is COc1ccc(N2C(=S)NC(=N[C@@H](/C=C/c3ccc(Cl)cc3Cl)C(C)(C)C)C23CCCCC3)cc1. The molecule has 35 heavy (non-hydrogen) atoms. The van der Waals surface area contributed by atoms with E-state index in [1.54, 1.807) is 13.2 Å². The molecule has 1 aliphatic heterocycles. The number of halogens is 2. The molecule has 0 amide bonds. The summed E-state index contributed by atoms with van der Waals surface area (Å²) in [6.07, 6.45) is 9.72. The van der Waals surface area contributed by atoms with Crippen LogP contribution in [0.1, 0.15) is 58.4 Å². The van der Waals surface area contributed by atoms with Crippen LogP contribution in [0.25, 0.3) is 6.08 Å². The summed E-state index contributed by atoms with van der Waals surface area (Å²) in [7, 11) is 1.68. The number of aliphatic imine (C=N–C) groups is 1. The third kappa shape index (κ3) is 5.52. The summed E-state index contributed by atoms with van der Waals surface area (Å²) in [6.45, 7) is 6.62. The number of benzene rings is 2. The number of amidine groups is 1. The molecule has 2 fully saturated rings. The van der Waals surface area contributed by atoms with Gasteiger partial charge in [0.15, 0.2) is 5.11 Å². The first-order chi connectivity index (χ1) is 16.6. The molecule has 1 spiro atoms. The zero-order chi connectivity index (χ0) is 25.2. The molecule has 0 radical (unpaired) electrons. The van der Waals surface area contributed by atoms with E-state index in [0.717, 1.165) is 48.5 Å². The normalized spacial score (nSPS) is 20.0. The number of thiocarbonyl (C=S) groups is 1. The molecule has 1 heterocycles. The van der Waals surface area contributed by atoms with Crippen molar-refractivity contribution in [3.05, 3.63) is 64.1 Å². The quantitative estimate of drug-likeness (QED) is 0.399. The van der Waals surface area contributed by atoms with Gasteiger partial charge in [-0.2, -0.15) is 0 Å². The summed E-state index contributed by atoms with van der Waals surface area (Å²) in [6, 6.07) is 13.6. The van der Waals surface area contributed by atoms with Gasteiger partial charge >= 0.3 is 0 Å². The van der Waals surface area contributed by atoms with Crippen molar-refractivity contribution in [3.8, 4) is 5.75 Å². The van der Waals surface area contributed by atoms with Gasteiger partial charge in [-0.25, -0.2) is 0 Å². The standard InChI is InChI=1S/C28H33Cl2N3OS/c1-27(2,3)24(15-9-19-8-10-20(29)18-23(19)30)31-25-28(16-6-5-7-17-28)33(26(35)32-25)21-11-13-22(34-4)14-12-21/h8-15,18,24H,5-7,16-17H2,1-4H3,(H,31,32,35)/b15-9+/t24-/m0/s1. The molecule has 2 aromatic rings. The highest BCUT2D eigenvalue weighted by Gasteiger charge is 2.50. The Morgan fingerprint density at radius 2 is 1.77 bits per heavy atom. The van der Waals surface area contributed by atoms with Crippen molar-refractivity contribution < 1.29 is 4.74 Å². The van der Waals surface area contributed by atoms with Gasteiger partial charge in [0.25, 0.3) is 0 Å². The minimum Gasteiger partial charge on any atom is -0.497 e. The fourth-order valence-corrected chi connectivity index (χ4v) is 5.76. The smallest absolute Gasteiger partial charge is 0.179 e. The first-order valence-electron chi connectivity index (χ1n) is 12.1. The Hall–Kier alpha value is -2.08. The number of anilines is 1. The third-order valence-corrected chi connectivity index (χ3v) is 7.73. The van der Waals surface area contributed by atoms with Gasteiger partial charge in [-0.1, -0.05) is 81.5 Å². The van der Waals surface area contributed by atoms with Crippen LogP contribution in [0.2, 0.25) is 10.0 Å². The van der Waals surface area contributed by atoms with Crippen LogP contribution in [-0.4, -0.2) is 29.6 Å². The van der Waals surface area contributed by atoms with E-state index in [1.165, 1.54) is 6.42 Å². The Kier molecular flexibility index (Phi) is 7.80. The van der Waals surface area contributed by atoms with Gasteiger partial charge in [0.05, 0.1) is 13.2 Å². The van der Waals surface area contributed by atoms with Crippen LogP contribution in [0.15, 0.2) is 53.5 Å². The highest BCUT2D eigenvalue weighted by molar-refractivity contribution is 7.80. The van der Waals surface area contributed by atoms with E-state index in [1.807, 2.05) is 30.3 Å². The molecule has 2 aliphatic rings. The van der Waals surface area contributed by atoms with Crippen molar-refractivity contribution in [3.63, 3.8) is 0 Å². The fraction of sp³-hybridized carbons (Fsp3) is 0.429. The number of nitrogens with zero attached hydrogens (tertiary/aromatic N) is 2. The Labute approximate surface area is 224 Å². The average Bonchev–Trinajstić information content (AvgIpc) is 3.07. The van der Waals surface area contributed by atoms with E-state index in [-0.39, 0.29) is 17.0 Å². The molecule has 0 bridgehead atoms. The lowest BCUT2D eigenvalue weighted by Gasteiger charge is -2.41. The summed E-state index contributed by atoms with van der Waals surface area (Å²) in [5, 5.41) is 5.47. The van der Waals surface area contributed by atoms with Crippen molar-refractivity contribution in [1.82, 2.24) is 5.32 Å². The summed E-state index contributed by atoms with van der Waals surface area (Å²) >= 11 is 18.4. The second kappa shape index (κ2) is 10.5. The maximum Gasteiger partial charge on any atom is 0.179 e. The van der Waals surface area contributed by atoms with Crippen molar-refractivity contribution in [2.75, 3.05) is 12.0 Å². The van der Waals surface area contributed by atoms with Crippen LogP contribution in [0.3, 0.4) is 0 Å². The predicted octanol–water partition coefficient (Wildman–Crippen LogP) is 7.93. The van der Waals surface area contributed by atoms with E-state index in [4.69, 9.17) is 45.1 Å². The topological polar surface area (TPSA) is 36.9 Å². The molecule has 4 rings (SSSR count). The molecule has 7 heteroatoms. The molecule has 0 unspecified atom stereocenters. The Bertz CT molecular complexity index is 1130. The molecule has 1 atom stereocenters. The van der Waals surface area contributed by atoms with Gasteiger partial charge in [0.1, 0.15) is 17.1 Å². The van der Waals surface area contributed by atoms with Gasteiger partial charge in [-0.15, -0.1) is 0 Å². The number of nitrogens with one attached hydrogen (secondary N) is 1. The minimum absolute atomic E-state index is 0.0748. The van der Waals surface area contributed by atoms with Crippen LogP contribution in [-0.2, 0) is 0 Å². The average molecular weight is 531 g/mol. The largest absolute Gasteiger partial charge is 0.497 e. The van der Waals surface area contributed by atoms with Crippen LogP contribution < -0.4 is 15.0 Å². The van der Waals surface area contributed by atoms with Gasteiger partial charge in [0, 0.05) is 15.7 Å². The van der Waals surface area contributed by atoms with Crippen molar-refractivity contribution in [2.45, 2.75) is 64.5 Å². The number of rotatable bonds is 5. The minimum atomic E-state index is -0.265. The highest BCUT2D eigenvalue weighted by atomic mass is 35.5. The first-order valence-corrected chi connectivity index (χ1v) is 13.3. The molecule has 0 aromatic heterocycles. The summed E-state index contributed by atoms with van der Waals surface area (Å²) < 4.78 is 5.37. The molecule has 186 valence electrons. The van der Waals surface area contributed by atoms with Crippen LogP contribution in [0.4, 0.5) is 5.69 Å². The fourth-order valence-electron chi connectivity index (χ4n) is 4.91. The molecule has 1 aliphatic carbocycles. The molecule has 4 nitrogen and oxygen atoms in total. The van der Waals surface area contributed by atoms with Gasteiger partial charge in [0.2, 0.25) is 0 Å². The molecular formula is C28H33Cl2N3OS. The number of methoxy groups -OCH3 is 1. The Morgan fingerprint density at radius 1 is 1.09 bits per heavy atom. The zero-order valence-electron chi connectivity index (χ0n) is 20.8. The van der Waals surface area contributed by atoms with E-state index in [9.17, 15) is 0 Å². The Morgan fingerprint density at radius 3 is 2.37 bits per heavy atom. The van der Waals surface area contributed by atoms with Crippen molar-refractivity contribution in [1.29, 1.82) is 0 Å². The van der Waals surface area contributed by atoms with Gasteiger partial charge < -0.3 is 15.0 Å². The van der Waals surface area contributed by atoms with Gasteiger partial charge in [-0.3, -0.25) is 4.99 Å². The van der Waals surface area contributed by atoms with Crippen molar-refractivity contribution >= 4 is 58.1 Å². The van der Waals surface area contributed by atoms with Crippen LogP contribution in [0.5, 0.6) is 5.75 Å². The molecule has 2 aromatic carbocycles. The van der Waals surface area contributed by atoms with Crippen LogP contribution in [0, 0.1) is 5.41 Å². The third-order valence-electron chi connectivity index (χ3n) is 6.88.